The zero-order valence-electron chi connectivity index (χ0n) is 15.2. The molecule has 2 heterocycles. The standard InChI is InChI=1S/C21H27N3O2/c1-21(6-8-22-9-7-21)20(26)24-19(15-11-17(25)12-15)16-10-14-4-2-3-5-18(14)23-13-16/h2-5,10,13,15,17,19,22,25H,6-9,11-12H2,1H3,(H,24,26). The number of hydrogen-bond acceptors (Lipinski definition) is 4. The van der Waals surface area contributed by atoms with Gasteiger partial charge in [-0.05, 0) is 62.4 Å². The number of aliphatic hydroxyl groups is 1. The number of rotatable bonds is 4. The normalized spacial score (nSPS) is 26.1. The largest absolute Gasteiger partial charge is 0.393 e. The number of nitrogens with one attached hydrogen (secondary N) is 2. The molecule has 0 bridgehead atoms. The molecular weight excluding hydrogens is 326 g/mol. The summed E-state index contributed by atoms with van der Waals surface area (Å²) in [5.41, 5.74) is 1.67. The Kier molecular flexibility index (Phi) is 4.67. The number of para-hydroxylation sites is 1. The lowest BCUT2D eigenvalue weighted by molar-refractivity contribution is -0.133. The van der Waals surface area contributed by atoms with Crippen LogP contribution in [0, 0.1) is 11.3 Å². The molecule has 1 amide bonds. The molecule has 1 aromatic heterocycles. The molecule has 2 aliphatic rings. The number of benzene rings is 1. The van der Waals surface area contributed by atoms with Gasteiger partial charge in [-0.2, -0.15) is 0 Å². The zero-order chi connectivity index (χ0) is 18.1. The summed E-state index contributed by atoms with van der Waals surface area (Å²) >= 11 is 0. The Labute approximate surface area is 154 Å². The first-order valence-corrected chi connectivity index (χ1v) is 9.60. The van der Waals surface area contributed by atoms with Crippen LogP contribution < -0.4 is 10.6 Å². The number of carbonyl (C=O) groups is 1. The van der Waals surface area contributed by atoms with E-state index in [1.165, 1.54) is 0 Å². The smallest absolute Gasteiger partial charge is 0.226 e. The molecule has 5 nitrogen and oxygen atoms in total. The van der Waals surface area contributed by atoms with Crippen LogP contribution in [0.3, 0.4) is 0 Å². The van der Waals surface area contributed by atoms with Gasteiger partial charge in [0.1, 0.15) is 0 Å². The van der Waals surface area contributed by atoms with E-state index in [1.807, 2.05) is 24.4 Å². The van der Waals surface area contributed by atoms with Crippen molar-refractivity contribution in [3.8, 4) is 0 Å². The van der Waals surface area contributed by atoms with Gasteiger partial charge >= 0.3 is 0 Å². The molecule has 138 valence electrons. The fraction of sp³-hybridized carbons (Fsp3) is 0.524. The first kappa shape index (κ1) is 17.4. The Morgan fingerprint density at radius 3 is 2.77 bits per heavy atom. The Balaban J connectivity index is 1.60. The van der Waals surface area contributed by atoms with Crippen molar-refractivity contribution in [2.75, 3.05) is 13.1 Å². The predicted octanol–water partition coefficient (Wildman–Crippen LogP) is 2.55. The topological polar surface area (TPSA) is 74.2 Å². The number of aliphatic hydroxyl groups excluding tert-OH is 1. The first-order chi connectivity index (χ1) is 12.5. The van der Waals surface area contributed by atoms with Crippen LogP contribution in [0.5, 0.6) is 0 Å². The second-order valence-corrected chi connectivity index (χ2v) is 8.11. The molecule has 1 aliphatic heterocycles. The quantitative estimate of drug-likeness (QED) is 0.790. The molecule has 1 atom stereocenters. The lowest BCUT2D eigenvalue weighted by atomic mass is 9.74. The van der Waals surface area contributed by atoms with Gasteiger partial charge in [0.05, 0.1) is 17.7 Å². The van der Waals surface area contributed by atoms with E-state index < -0.39 is 0 Å². The Morgan fingerprint density at radius 1 is 1.31 bits per heavy atom. The average Bonchev–Trinajstić information content (AvgIpc) is 2.64. The van der Waals surface area contributed by atoms with E-state index in [0.29, 0.717) is 0 Å². The maximum atomic E-state index is 13.1. The molecular formula is C21H27N3O2. The lowest BCUT2D eigenvalue weighted by Crippen LogP contribution is -2.49. The summed E-state index contributed by atoms with van der Waals surface area (Å²) in [7, 11) is 0. The highest BCUT2D eigenvalue weighted by atomic mass is 16.3. The van der Waals surface area contributed by atoms with Crippen molar-refractivity contribution in [3.05, 3.63) is 42.1 Å². The highest BCUT2D eigenvalue weighted by molar-refractivity contribution is 5.83. The third kappa shape index (κ3) is 3.33. The van der Waals surface area contributed by atoms with Gasteiger partial charge in [0, 0.05) is 17.0 Å². The highest BCUT2D eigenvalue weighted by Gasteiger charge is 2.40. The fourth-order valence-electron chi connectivity index (χ4n) is 4.15. The summed E-state index contributed by atoms with van der Waals surface area (Å²) < 4.78 is 0. The highest BCUT2D eigenvalue weighted by Crippen LogP contribution is 2.39. The van der Waals surface area contributed by atoms with Gasteiger partial charge < -0.3 is 15.7 Å². The summed E-state index contributed by atoms with van der Waals surface area (Å²) in [6.07, 6.45) is 4.81. The molecule has 2 aromatic rings. The van der Waals surface area contributed by atoms with E-state index in [0.717, 1.165) is 55.2 Å². The van der Waals surface area contributed by atoms with Gasteiger partial charge in [0.25, 0.3) is 0 Å². The number of piperidine rings is 1. The molecule has 0 spiro atoms. The summed E-state index contributed by atoms with van der Waals surface area (Å²) in [4.78, 5) is 17.6. The number of carbonyl (C=O) groups excluding carboxylic acids is 1. The van der Waals surface area contributed by atoms with Crippen LogP contribution in [0.15, 0.2) is 36.5 Å². The fourth-order valence-corrected chi connectivity index (χ4v) is 4.15. The van der Waals surface area contributed by atoms with Crippen LogP contribution in [0.1, 0.15) is 44.2 Å². The predicted molar refractivity (Wildman–Crippen MR) is 102 cm³/mol. The summed E-state index contributed by atoms with van der Waals surface area (Å²) in [6.45, 7) is 3.83. The minimum absolute atomic E-state index is 0.0882. The number of fused-ring (bicyclic) bond motifs is 1. The van der Waals surface area contributed by atoms with Crippen LogP contribution in [0.4, 0.5) is 0 Å². The van der Waals surface area contributed by atoms with Crippen molar-refractivity contribution in [2.45, 2.75) is 44.8 Å². The van der Waals surface area contributed by atoms with Crippen molar-refractivity contribution in [1.82, 2.24) is 15.6 Å². The molecule has 1 saturated heterocycles. The average molecular weight is 353 g/mol. The number of pyridine rings is 1. The van der Waals surface area contributed by atoms with Gasteiger partial charge in [-0.25, -0.2) is 0 Å². The Hall–Kier alpha value is -1.98. The monoisotopic (exact) mass is 353 g/mol. The van der Waals surface area contributed by atoms with Crippen LogP contribution in [0.2, 0.25) is 0 Å². The van der Waals surface area contributed by atoms with E-state index in [4.69, 9.17) is 0 Å². The van der Waals surface area contributed by atoms with E-state index in [-0.39, 0.29) is 29.4 Å². The van der Waals surface area contributed by atoms with Crippen LogP contribution in [-0.4, -0.2) is 35.2 Å². The second kappa shape index (κ2) is 6.97. The van der Waals surface area contributed by atoms with Gasteiger partial charge in [-0.3, -0.25) is 9.78 Å². The molecule has 26 heavy (non-hydrogen) atoms. The molecule has 5 heteroatoms. The van der Waals surface area contributed by atoms with Crippen molar-refractivity contribution in [2.24, 2.45) is 11.3 Å². The molecule has 3 N–H and O–H groups in total. The van der Waals surface area contributed by atoms with Crippen LogP contribution >= 0.6 is 0 Å². The van der Waals surface area contributed by atoms with Crippen LogP contribution in [-0.2, 0) is 4.79 Å². The minimum atomic E-state index is -0.323. The molecule has 1 saturated carbocycles. The zero-order valence-corrected chi connectivity index (χ0v) is 15.2. The third-order valence-electron chi connectivity index (χ3n) is 6.13. The van der Waals surface area contributed by atoms with E-state index in [2.05, 4.69) is 34.7 Å². The van der Waals surface area contributed by atoms with E-state index >= 15 is 0 Å². The molecule has 1 aliphatic carbocycles. The maximum Gasteiger partial charge on any atom is 0.226 e. The number of nitrogens with zero attached hydrogens (tertiary/aromatic N) is 1. The lowest BCUT2D eigenvalue weighted by Gasteiger charge is -2.41. The van der Waals surface area contributed by atoms with Crippen molar-refractivity contribution in [1.29, 1.82) is 0 Å². The van der Waals surface area contributed by atoms with Crippen molar-refractivity contribution < 1.29 is 9.90 Å². The van der Waals surface area contributed by atoms with Gasteiger partial charge in [0.15, 0.2) is 0 Å². The minimum Gasteiger partial charge on any atom is -0.393 e. The molecule has 1 unspecified atom stereocenters. The third-order valence-corrected chi connectivity index (χ3v) is 6.13. The molecule has 1 aromatic carbocycles. The first-order valence-electron chi connectivity index (χ1n) is 9.60. The van der Waals surface area contributed by atoms with Crippen LogP contribution in [0.25, 0.3) is 10.9 Å². The van der Waals surface area contributed by atoms with Crippen molar-refractivity contribution >= 4 is 16.8 Å². The Bertz CT molecular complexity index is 795. The SMILES string of the molecule is CC1(C(=O)NC(c2cnc3ccccc3c2)C2CC(O)C2)CCNCC1. The van der Waals surface area contributed by atoms with Gasteiger partial charge in [-0.15, -0.1) is 0 Å². The summed E-state index contributed by atoms with van der Waals surface area (Å²) in [5.74, 6) is 0.390. The number of amides is 1. The van der Waals surface area contributed by atoms with Gasteiger partial charge in [0.2, 0.25) is 5.91 Å². The Morgan fingerprint density at radius 2 is 2.04 bits per heavy atom. The van der Waals surface area contributed by atoms with E-state index in [9.17, 15) is 9.90 Å². The molecule has 4 rings (SSSR count). The number of aromatic nitrogens is 1. The molecule has 2 fully saturated rings. The van der Waals surface area contributed by atoms with E-state index in [1.54, 1.807) is 0 Å². The number of hydrogen-bond donors (Lipinski definition) is 3. The maximum absolute atomic E-state index is 13.1. The molecule has 0 radical (unpaired) electrons. The van der Waals surface area contributed by atoms with Crippen molar-refractivity contribution in [3.63, 3.8) is 0 Å². The summed E-state index contributed by atoms with van der Waals surface area (Å²) in [6, 6.07) is 10.1. The second-order valence-electron chi connectivity index (χ2n) is 8.11. The van der Waals surface area contributed by atoms with Gasteiger partial charge in [-0.1, -0.05) is 25.1 Å². The summed E-state index contributed by atoms with van der Waals surface area (Å²) in [5, 5.41) is 17.5.